The number of methoxy groups -OCH3 is 1. The van der Waals surface area contributed by atoms with E-state index in [-0.39, 0.29) is 23.1 Å². The Morgan fingerprint density at radius 3 is 2.44 bits per heavy atom. The number of rotatable bonds is 2. The van der Waals surface area contributed by atoms with E-state index in [1.54, 1.807) is 12.1 Å². The van der Waals surface area contributed by atoms with Gasteiger partial charge in [-0.1, -0.05) is 25.4 Å². The minimum Gasteiger partial charge on any atom is -0.504 e. The van der Waals surface area contributed by atoms with Crippen molar-refractivity contribution in [1.29, 1.82) is 0 Å². The lowest BCUT2D eigenvalue weighted by atomic mass is 10.0. The molecule has 0 aromatic heterocycles. The molecule has 16 heavy (non-hydrogen) atoms. The predicted octanol–water partition coefficient (Wildman–Crippen LogP) is 2.50. The van der Waals surface area contributed by atoms with E-state index in [2.05, 4.69) is 13.8 Å². The summed E-state index contributed by atoms with van der Waals surface area (Å²) in [4.78, 5) is 0. The van der Waals surface area contributed by atoms with Crippen LogP contribution in [-0.4, -0.2) is 18.3 Å². The van der Waals surface area contributed by atoms with Gasteiger partial charge >= 0.3 is 0 Å². The second kappa shape index (κ2) is 3.54. The first-order chi connectivity index (χ1) is 7.39. The molecule has 4 heteroatoms. The maximum Gasteiger partial charge on any atom is 0.162 e. The van der Waals surface area contributed by atoms with Crippen LogP contribution in [0.25, 0.3) is 0 Å². The molecule has 1 aliphatic rings. The number of benzene rings is 1. The number of nitrogens with two attached hydrogens (primary N) is 1. The minimum absolute atomic E-state index is 0.00712. The zero-order chi connectivity index (χ0) is 12.1. The number of hydrogen-bond acceptors (Lipinski definition) is 3. The fraction of sp³-hybridized carbons (Fsp3) is 0.500. The van der Waals surface area contributed by atoms with Crippen LogP contribution in [0, 0.1) is 5.41 Å². The van der Waals surface area contributed by atoms with Crippen LogP contribution < -0.4 is 10.5 Å². The molecule has 0 unspecified atom stereocenters. The van der Waals surface area contributed by atoms with Gasteiger partial charge in [-0.25, -0.2) is 0 Å². The summed E-state index contributed by atoms with van der Waals surface area (Å²) >= 11 is 5.98. The summed E-state index contributed by atoms with van der Waals surface area (Å²) in [5, 5.41) is 10.6. The molecule has 0 aliphatic heterocycles. The topological polar surface area (TPSA) is 55.5 Å². The van der Waals surface area contributed by atoms with E-state index in [1.165, 1.54) is 7.11 Å². The molecule has 0 spiro atoms. The van der Waals surface area contributed by atoms with Crippen molar-refractivity contribution < 1.29 is 9.84 Å². The molecular weight excluding hydrogens is 226 g/mol. The van der Waals surface area contributed by atoms with E-state index < -0.39 is 0 Å². The van der Waals surface area contributed by atoms with Crippen molar-refractivity contribution in [1.82, 2.24) is 0 Å². The largest absolute Gasteiger partial charge is 0.504 e. The van der Waals surface area contributed by atoms with Gasteiger partial charge in [-0.05, 0) is 11.5 Å². The highest BCUT2D eigenvalue weighted by Crippen LogP contribution is 2.60. The smallest absolute Gasteiger partial charge is 0.162 e. The van der Waals surface area contributed by atoms with Crippen molar-refractivity contribution in [2.75, 3.05) is 7.11 Å². The van der Waals surface area contributed by atoms with Crippen LogP contribution in [-0.2, 0) is 0 Å². The van der Waals surface area contributed by atoms with Gasteiger partial charge in [-0.2, -0.15) is 0 Å². The monoisotopic (exact) mass is 241 g/mol. The van der Waals surface area contributed by atoms with Crippen molar-refractivity contribution in [2.45, 2.75) is 25.8 Å². The standard InChI is InChI=1S/C12H16ClNO2/c1-12(2)9(11(12)14)7-4-6(13)5-8(16-3)10(7)15/h4-5,9,11,15H,14H2,1-3H3/t9-,11-/m1/s1. The fourth-order valence-electron chi connectivity index (χ4n) is 2.26. The number of ether oxygens (including phenoxy) is 1. The van der Waals surface area contributed by atoms with Crippen LogP contribution in [0.2, 0.25) is 5.02 Å². The number of aromatic hydroxyl groups is 1. The zero-order valence-corrected chi connectivity index (χ0v) is 10.4. The SMILES string of the molecule is COc1cc(Cl)cc([C@@H]2[C@@H](N)C2(C)C)c1O. The molecule has 1 aromatic carbocycles. The third-order valence-corrected chi connectivity index (χ3v) is 3.75. The Hall–Kier alpha value is -0.930. The number of hydrogen-bond donors (Lipinski definition) is 2. The molecule has 2 atom stereocenters. The molecule has 2 rings (SSSR count). The molecule has 0 saturated heterocycles. The highest BCUT2D eigenvalue weighted by atomic mass is 35.5. The molecule has 3 nitrogen and oxygen atoms in total. The van der Waals surface area contributed by atoms with E-state index in [9.17, 15) is 5.11 Å². The van der Waals surface area contributed by atoms with Gasteiger partial charge in [0.25, 0.3) is 0 Å². The molecule has 1 saturated carbocycles. The van der Waals surface area contributed by atoms with Crippen LogP contribution in [0.1, 0.15) is 25.3 Å². The first kappa shape index (κ1) is 11.6. The van der Waals surface area contributed by atoms with E-state index in [0.29, 0.717) is 10.8 Å². The first-order valence-corrected chi connectivity index (χ1v) is 5.59. The maximum atomic E-state index is 10.0. The lowest BCUT2D eigenvalue weighted by Gasteiger charge is -2.10. The second-order valence-corrected chi connectivity index (χ2v) is 5.31. The Labute approximate surface area is 100 Å². The van der Waals surface area contributed by atoms with E-state index >= 15 is 0 Å². The Bertz CT molecular complexity index is 431. The van der Waals surface area contributed by atoms with E-state index in [0.717, 1.165) is 5.56 Å². The molecule has 1 aliphatic carbocycles. The van der Waals surface area contributed by atoms with Gasteiger partial charge in [0.05, 0.1) is 7.11 Å². The summed E-state index contributed by atoms with van der Waals surface area (Å²) in [6.07, 6.45) is 0. The first-order valence-electron chi connectivity index (χ1n) is 5.21. The third-order valence-electron chi connectivity index (χ3n) is 3.53. The molecule has 88 valence electrons. The summed E-state index contributed by atoms with van der Waals surface area (Å²) in [5.74, 6) is 0.690. The highest BCUT2D eigenvalue weighted by molar-refractivity contribution is 6.30. The average molecular weight is 242 g/mol. The Kier molecular flexibility index (Phi) is 2.55. The lowest BCUT2D eigenvalue weighted by Crippen LogP contribution is -2.06. The molecule has 0 radical (unpaired) electrons. The van der Waals surface area contributed by atoms with Crippen LogP contribution >= 0.6 is 11.6 Å². The Morgan fingerprint density at radius 1 is 1.44 bits per heavy atom. The summed E-state index contributed by atoms with van der Waals surface area (Å²) in [7, 11) is 1.51. The van der Waals surface area contributed by atoms with Crippen molar-refractivity contribution in [3.63, 3.8) is 0 Å². The molecule has 0 bridgehead atoms. The summed E-state index contributed by atoms with van der Waals surface area (Å²) < 4.78 is 5.07. The molecule has 1 fully saturated rings. The Morgan fingerprint density at radius 2 is 2.00 bits per heavy atom. The predicted molar refractivity (Wildman–Crippen MR) is 64.2 cm³/mol. The summed E-state index contributed by atoms with van der Waals surface area (Å²) in [5.41, 5.74) is 6.78. The van der Waals surface area contributed by atoms with Crippen LogP contribution in [0.15, 0.2) is 12.1 Å². The van der Waals surface area contributed by atoms with Crippen molar-refractivity contribution >= 4 is 11.6 Å². The van der Waals surface area contributed by atoms with Crippen molar-refractivity contribution in [2.24, 2.45) is 11.1 Å². The molecule has 0 amide bonds. The molecule has 3 N–H and O–H groups in total. The summed E-state index contributed by atoms with van der Waals surface area (Å²) in [6.45, 7) is 4.16. The Balaban J connectivity index is 2.47. The quantitative estimate of drug-likeness (QED) is 0.837. The van der Waals surface area contributed by atoms with Gasteiger partial charge in [0.2, 0.25) is 0 Å². The average Bonchev–Trinajstić information content (AvgIpc) is 2.70. The number of phenolic OH excluding ortho intramolecular Hbond substituents is 1. The minimum atomic E-state index is 0.00712. The van der Waals surface area contributed by atoms with Gasteiger partial charge < -0.3 is 15.6 Å². The normalized spacial score (nSPS) is 26.6. The third kappa shape index (κ3) is 1.55. The highest BCUT2D eigenvalue weighted by Gasteiger charge is 2.57. The van der Waals surface area contributed by atoms with Crippen molar-refractivity contribution in [3.8, 4) is 11.5 Å². The maximum absolute atomic E-state index is 10.0. The zero-order valence-electron chi connectivity index (χ0n) is 9.62. The molecule has 0 heterocycles. The number of phenols is 1. The second-order valence-electron chi connectivity index (χ2n) is 4.87. The fourth-order valence-corrected chi connectivity index (χ4v) is 2.48. The van der Waals surface area contributed by atoms with Gasteiger partial charge in [0.1, 0.15) is 0 Å². The van der Waals surface area contributed by atoms with Gasteiger partial charge in [-0.15, -0.1) is 0 Å². The van der Waals surface area contributed by atoms with Gasteiger partial charge in [-0.3, -0.25) is 0 Å². The van der Waals surface area contributed by atoms with Crippen LogP contribution in [0.5, 0.6) is 11.5 Å². The summed E-state index contributed by atoms with van der Waals surface area (Å²) in [6, 6.07) is 3.42. The van der Waals surface area contributed by atoms with Crippen LogP contribution in [0.4, 0.5) is 0 Å². The molecule has 1 aromatic rings. The van der Waals surface area contributed by atoms with Crippen LogP contribution in [0.3, 0.4) is 0 Å². The number of halogens is 1. The van der Waals surface area contributed by atoms with Crippen molar-refractivity contribution in [3.05, 3.63) is 22.7 Å². The molecular formula is C12H16ClNO2. The lowest BCUT2D eigenvalue weighted by molar-refractivity contribution is 0.369. The van der Waals surface area contributed by atoms with E-state index in [1.807, 2.05) is 0 Å². The van der Waals surface area contributed by atoms with E-state index in [4.69, 9.17) is 22.1 Å². The van der Waals surface area contributed by atoms with Gasteiger partial charge in [0.15, 0.2) is 11.5 Å². The van der Waals surface area contributed by atoms with Gasteiger partial charge in [0, 0.05) is 28.6 Å².